The Kier molecular flexibility index (Phi) is 5.58. The summed E-state index contributed by atoms with van der Waals surface area (Å²) in [6.07, 6.45) is 1.79. The lowest BCUT2D eigenvalue weighted by atomic mass is 10.1. The second kappa shape index (κ2) is 8.05. The van der Waals surface area contributed by atoms with Gasteiger partial charge in [-0.15, -0.1) is 0 Å². The smallest absolute Gasteiger partial charge is 0.153 e. The first kappa shape index (κ1) is 17.3. The Balaban J connectivity index is 1.84. The summed E-state index contributed by atoms with van der Waals surface area (Å²) in [4.78, 5) is 6.78. The van der Waals surface area contributed by atoms with Crippen LogP contribution in [0.3, 0.4) is 0 Å². The number of nitrogens with two attached hydrogens (primary N) is 1. The number of hydrogen-bond acceptors (Lipinski definition) is 4. The topological polar surface area (TPSA) is 60.0 Å². The zero-order valence-electron chi connectivity index (χ0n) is 14.9. The van der Waals surface area contributed by atoms with Gasteiger partial charge in [0.2, 0.25) is 0 Å². The van der Waals surface area contributed by atoms with Gasteiger partial charge in [0, 0.05) is 43.6 Å². The van der Waals surface area contributed by atoms with Crippen LogP contribution in [0.2, 0.25) is 0 Å². The van der Waals surface area contributed by atoms with Crippen molar-refractivity contribution in [1.82, 2.24) is 19.7 Å². The molecule has 0 saturated heterocycles. The number of rotatable bonds is 7. The zero-order valence-corrected chi connectivity index (χ0v) is 14.9. The predicted octanol–water partition coefficient (Wildman–Crippen LogP) is 2.85. The molecular weight excluding hydrogens is 310 g/mol. The van der Waals surface area contributed by atoms with Gasteiger partial charge in [-0.1, -0.05) is 36.4 Å². The van der Waals surface area contributed by atoms with Crippen molar-refractivity contribution in [3.05, 3.63) is 77.2 Å². The molecule has 5 heteroatoms. The van der Waals surface area contributed by atoms with Crippen molar-refractivity contribution in [2.24, 2.45) is 5.73 Å². The van der Waals surface area contributed by atoms with Crippen LogP contribution in [0.1, 0.15) is 22.5 Å². The molecule has 3 aromatic rings. The number of aromatic nitrogens is 3. The molecule has 0 bridgehead atoms. The average Bonchev–Trinajstić information content (AvgIpc) is 2.92. The number of aryl methyl sites for hydroxylation is 1. The second-order valence-electron chi connectivity index (χ2n) is 6.23. The third-order valence-electron chi connectivity index (χ3n) is 4.38. The molecule has 0 amide bonds. The van der Waals surface area contributed by atoms with E-state index in [1.54, 1.807) is 6.20 Å². The standard InChI is InChI=1S/C20H25N5/c1-16-19(17(2)25(23-16)20-10-6-7-12-22-20)15-24(13-11-21)14-18-8-4-3-5-9-18/h3-10,12H,11,13-15,21H2,1-2H3. The quantitative estimate of drug-likeness (QED) is 0.721. The number of hydrogen-bond donors (Lipinski definition) is 1. The summed E-state index contributed by atoms with van der Waals surface area (Å²) in [5.41, 5.74) is 10.5. The Bertz CT molecular complexity index is 796. The van der Waals surface area contributed by atoms with Crippen molar-refractivity contribution in [3.8, 4) is 5.82 Å². The zero-order chi connectivity index (χ0) is 17.6. The Morgan fingerprint density at radius 2 is 1.76 bits per heavy atom. The highest BCUT2D eigenvalue weighted by Gasteiger charge is 2.16. The van der Waals surface area contributed by atoms with E-state index in [1.165, 1.54) is 11.1 Å². The minimum atomic E-state index is 0.638. The van der Waals surface area contributed by atoms with E-state index in [4.69, 9.17) is 10.8 Å². The van der Waals surface area contributed by atoms with Gasteiger partial charge >= 0.3 is 0 Å². The van der Waals surface area contributed by atoms with Crippen LogP contribution in [0, 0.1) is 13.8 Å². The maximum absolute atomic E-state index is 5.84. The minimum absolute atomic E-state index is 0.638. The number of nitrogens with zero attached hydrogens (tertiary/aromatic N) is 4. The molecule has 3 rings (SSSR count). The number of pyridine rings is 1. The van der Waals surface area contributed by atoms with Crippen molar-refractivity contribution < 1.29 is 0 Å². The summed E-state index contributed by atoms with van der Waals surface area (Å²) in [6.45, 7) is 7.36. The van der Waals surface area contributed by atoms with Crippen LogP contribution >= 0.6 is 0 Å². The van der Waals surface area contributed by atoms with Gasteiger partial charge in [-0.2, -0.15) is 5.10 Å². The first-order valence-electron chi connectivity index (χ1n) is 8.62. The fourth-order valence-corrected chi connectivity index (χ4v) is 3.07. The van der Waals surface area contributed by atoms with Crippen molar-refractivity contribution >= 4 is 0 Å². The van der Waals surface area contributed by atoms with Crippen LogP contribution in [-0.4, -0.2) is 32.8 Å². The van der Waals surface area contributed by atoms with Crippen LogP contribution in [-0.2, 0) is 13.1 Å². The Hall–Kier alpha value is -2.50. The summed E-state index contributed by atoms with van der Waals surface area (Å²) in [5.74, 6) is 0.850. The normalized spacial score (nSPS) is 11.2. The molecule has 0 atom stereocenters. The highest BCUT2D eigenvalue weighted by molar-refractivity contribution is 5.32. The monoisotopic (exact) mass is 335 g/mol. The van der Waals surface area contributed by atoms with E-state index < -0.39 is 0 Å². The molecule has 0 fully saturated rings. The van der Waals surface area contributed by atoms with Crippen LogP contribution in [0.4, 0.5) is 0 Å². The van der Waals surface area contributed by atoms with E-state index in [1.807, 2.05) is 28.9 Å². The average molecular weight is 335 g/mol. The first-order chi connectivity index (χ1) is 12.2. The molecule has 2 aromatic heterocycles. The van der Waals surface area contributed by atoms with Crippen LogP contribution < -0.4 is 5.73 Å². The van der Waals surface area contributed by atoms with Gasteiger partial charge in [0.15, 0.2) is 5.82 Å². The molecular formula is C20H25N5. The van der Waals surface area contributed by atoms with Crippen molar-refractivity contribution in [2.45, 2.75) is 26.9 Å². The maximum atomic E-state index is 5.84. The lowest BCUT2D eigenvalue weighted by Gasteiger charge is -2.22. The Morgan fingerprint density at radius 1 is 1.00 bits per heavy atom. The van der Waals surface area contributed by atoms with Gasteiger partial charge in [0.25, 0.3) is 0 Å². The summed E-state index contributed by atoms with van der Waals surface area (Å²) in [7, 11) is 0. The SMILES string of the molecule is Cc1nn(-c2ccccn2)c(C)c1CN(CCN)Cc1ccccc1. The van der Waals surface area contributed by atoms with Gasteiger partial charge in [-0.3, -0.25) is 4.90 Å². The molecule has 2 heterocycles. The van der Waals surface area contributed by atoms with Gasteiger partial charge in [-0.25, -0.2) is 9.67 Å². The summed E-state index contributed by atoms with van der Waals surface area (Å²) in [6, 6.07) is 16.4. The summed E-state index contributed by atoms with van der Waals surface area (Å²) < 4.78 is 1.92. The molecule has 1 aromatic carbocycles. The van der Waals surface area contributed by atoms with Crippen molar-refractivity contribution in [3.63, 3.8) is 0 Å². The second-order valence-corrected chi connectivity index (χ2v) is 6.23. The lowest BCUT2D eigenvalue weighted by Crippen LogP contribution is -2.29. The van der Waals surface area contributed by atoms with Crippen LogP contribution in [0.25, 0.3) is 5.82 Å². The molecule has 0 unspecified atom stereocenters. The summed E-state index contributed by atoms with van der Waals surface area (Å²) >= 11 is 0. The van der Waals surface area contributed by atoms with Crippen molar-refractivity contribution in [2.75, 3.05) is 13.1 Å². The van der Waals surface area contributed by atoms with E-state index in [2.05, 4.69) is 48.0 Å². The van der Waals surface area contributed by atoms with Gasteiger partial charge in [0.1, 0.15) is 0 Å². The molecule has 0 spiro atoms. The summed E-state index contributed by atoms with van der Waals surface area (Å²) in [5, 5.41) is 4.70. The Labute approximate surface area is 149 Å². The van der Waals surface area contributed by atoms with E-state index in [9.17, 15) is 0 Å². The van der Waals surface area contributed by atoms with Crippen molar-refractivity contribution in [1.29, 1.82) is 0 Å². The van der Waals surface area contributed by atoms with E-state index >= 15 is 0 Å². The van der Waals surface area contributed by atoms with Gasteiger partial charge < -0.3 is 5.73 Å². The molecule has 0 aliphatic heterocycles. The van der Waals surface area contributed by atoms with E-state index in [-0.39, 0.29) is 0 Å². The molecule has 2 N–H and O–H groups in total. The first-order valence-corrected chi connectivity index (χ1v) is 8.62. The van der Waals surface area contributed by atoms with E-state index in [0.717, 1.165) is 36.8 Å². The third kappa shape index (κ3) is 4.13. The highest BCUT2D eigenvalue weighted by Crippen LogP contribution is 2.19. The van der Waals surface area contributed by atoms with Crippen LogP contribution in [0.5, 0.6) is 0 Å². The lowest BCUT2D eigenvalue weighted by molar-refractivity contribution is 0.263. The maximum Gasteiger partial charge on any atom is 0.153 e. The molecule has 0 saturated carbocycles. The molecule has 25 heavy (non-hydrogen) atoms. The fraction of sp³-hybridized carbons (Fsp3) is 0.300. The molecule has 0 aliphatic rings. The third-order valence-corrected chi connectivity index (χ3v) is 4.38. The molecule has 5 nitrogen and oxygen atoms in total. The molecule has 0 aliphatic carbocycles. The minimum Gasteiger partial charge on any atom is -0.329 e. The largest absolute Gasteiger partial charge is 0.329 e. The number of benzene rings is 1. The highest BCUT2D eigenvalue weighted by atomic mass is 15.3. The van der Waals surface area contributed by atoms with Crippen LogP contribution in [0.15, 0.2) is 54.7 Å². The molecule has 130 valence electrons. The fourth-order valence-electron chi connectivity index (χ4n) is 3.07. The van der Waals surface area contributed by atoms with Gasteiger partial charge in [0.05, 0.1) is 5.69 Å². The molecule has 0 radical (unpaired) electrons. The van der Waals surface area contributed by atoms with Gasteiger partial charge in [-0.05, 0) is 31.5 Å². The Morgan fingerprint density at radius 3 is 2.44 bits per heavy atom. The van der Waals surface area contributed by atoms with E-state index in [0.29, 0.717) is 6.54 Å². The predicted molar refractivity (Wildman–Crippen MR) is 100 cm³/mol.